The van der Waals surface area contributed by atoms with Crippen LogP contribution >= 0.6 is 0 Å². The number of fused-ring (bicyclic) bond motifs is 1. The molecule has 3 aromatic rings. The number of para-hydroxylation sites is 2. The zero-order chi connectivity index (χ0) is 19.4. The summed E-state index contributed by atoms with van der Waals surface area (Å²) in [5, 5.41) is 3.68. The third-order valence-corrected chi connectivity index (χ3v) is 4.74. The van der Waals surface area contributed by atoms with E-state index in [2.05, 4.69) is 19.2 Å². The maximum absolute atomic E-state index is 12.3. The van der Waals surface area contributed by atoms with E-state index in [1.165, 1.54) is 0 Å². The number of rotatable bonds is 6. The topological polar surface area (TPSA) is 68.5 Å². The number of benzene rings is 2. The lowest BCUT2D eigenvalue weighted by Gasteiger charge is -2.15. The normalized spacial score (nSPS) is 12.0. The number of furan rings is 1. The number of carbonyl (C=O) groups excluding carboxylic acids is 2. The number of anilines is 1. The standard InChI is InChI=1S/C22H23NO4/c1-4-14(2)16-9-5-7-11-18(16)23-20(24)13-26-22(25)21-15(3)17-10-6-8-12-19(17)27-21/h5-12,14H,4,13H2,1-3H3,(H,23,24)/t14-/m0/s1. The first-order chi connectivity index (χ1) is 13.0. The van der Waals surface area contributed by atoms with Gasteiger partial charge in [0, 0.05) is 16.6 Å². The Morgan fingerprint density at radius 2 is 1.81 bits per heavy atom. The second kappa shape index (κ2) is 8.08. The fourth-order valence-corrected chi connectivity index (χ4v) is 3.01. The van der Waals surface area contributed by atoms with E-state index in [9.17, 15) is 9.59 Å². The fraction of sp³-hybridized carbons (Fsp3) is 0.273. The molecule has 5 nitrogen and oxygen atoms in total. The summed E-state index contributed by atoms with van der Waals surface area (Å²) < 4.78 is 10.7. The number of hydrogen-bond donors (Lipinski definition) is 1. The van der Waals surface area contributed by atoms with Gasteiger partial charge in [-0.1, -0.05) is 50.2 Å². The van der Waals surface area contributed by atoms with Crippen LogP contribution in [0.1, 0.15) is 47.9 Å². The molecule has 2 aromatic carbocycles. The number of aryl methyl sites for hydroxylation is 1. The molecule has 0 spiro atoms. The number of carbonyl (C=O) groups is 2. The van der Waals surface area contributed by atoms with Crippen molar-refractivity contribution in [3.63, 3.8) is 0 Å². The summed E-state index contributed by atoms with van der Waals surface area (Å²) in [6, 6.07) is 15.0. The molecule has 0 radical (unpaired) electrons. The predicted octanol–water partition coefficient (Wildman–Crippen LogP) is 5.05. The first-order valence-corrected chi connectivity index (χ1v) is 9.05. The molecular weight excluding hydrogens is 342 g/mol. The Labute approximate surface area is 158 Å². The molecule has 5 heteroatoms. The largest absolute Gasteiger partial charge is 0.450 e. The number of esters is 1. The maximum Gasteiger partial charge on any atom is 0.375 e. The van der Waals surface area contributed by atoms with E-state index in [0.29, 0.717) is 17.1 Å². The van der Waals surface area contributed by atoms with Crippen molar-refractivity contribution in [2.45, 2.75) is 33.1 Å². The minimum absolute atomic E-state index is 0.129. The Kier molecular flexibility index (Phi) is 5.60. The van der Waals surface area contributed by atoms with Crippen LogP contribution < -0.4 is 5.32 Å². The van der Waals surface area contributed by atoms with Crippen molar-refractivity contribution in [2.75, 3.05) is 11.9 Å². The van der Waals surface area contributed by atoms with Crippen LogP contribution in [0, 0.1) is 6.92 Å². The number of hydrogen-bond acceptors (Lipinski definition) is 4. The number of amides is 1. The van der Waals surface area contributed by atoms with Crippen molar-refractivity contribution in [3.8, 4) is 0 Å². The highest BCUT2D eigenvalue weighted by Crippen LogP contribution is 2.27. The third-order valence-electron chi connectivity index (χ3n) is 4.74. The van der Waals surface area contributed by atoms with Gasteiger partial charge in [0.2, 0.25) is 5.76 Å². The minimum Gasteiger partial charge on any atom is -0.450 e. The van der Waals surface area contributed by atoms with E-state index < -0.39 is 5.97 Å². The number of nitrogens with one attached hydrogen (secondary N) is 1. The van der Waals surface area contributed by atoms with Gasteiger partial charge in [0.25, 0.3) is 5.91 Å². The van der Waals surface area contributed by atoms with Crippen molar-refractivity contribution < 1.29 is 18.7 Å². The molecule has 0 aliphatic carbocycles. The van der Waals surface area contributed by atoms with E-state index in [1.807, 2.05) is 42.5 Å². The molecule has 1 aromatic heterocycles. The van der Waals surface area contributed by atoms with Gasteiger partial charge in [-0.15, -0.1) is 0 Å². The quantitative estimate of drug-likeness (QED) is 0.621. The molecule has 1 amide bonds. The van der Waals surface area contributed by atoms with Crippen molar-refractivity contribution in [3.05, 3.63) is 65.4 Å². The zero-order valence-corrected chi connectivity index (χ0v) is 15.7. The first-order valence-electron chi connectivity index (χ1n) is 9.05. The van der Waals surface area contributed by atoms with E-state index in [4.69, 9.17) is 9.15 Å². The number of ether oxygens (including phenoxy) is 1. The smallest absolute Gasteiger partial charge is 0.375 e. The molecule has 27 heavy (non-hydrogen) atoms. The van der Waals surface area contributed by atoms with Gasteiger partial charge in [-0.3, -0.25) is 4.79 Å². The molecule has 3 rings (SSSR count). The van der Waals surface area contributed by atoms with Gasteiger partial charge in [-0.05, 0) is 37.0 Å². The molecule has 0 aliphatic heterocycles. The van der Waals surface area contributed by atoms with Gasteiger partial charge in [-0.2, -0.15) is 0 Å². The lowest BCUT2D eigenvalue weighted by atomic mass is 9.97. The van der Waals surface area contributed by atoms with Crippen LogP contribution in [0.3, 0.4) is 0 Å². The Morgan fingerprint density at radius 3 is 2.56 bits per heavy atom. The molecule has 1 atom stereocenters. The van der Waals surface area contributed by atoms with Gasteiger partial charge < -0.3 is 14.5 Å². The minimum atomic E-state index is -0.644. The second-order valence-electron chi connectivity index (χ2n) is 6.57. The molecule has 0 bridgehead atoms. The third kappa shape index (κ3) is 4.03. The first kappa shape index (κ1) is 18.7. The van der Waals surface area contributed by atoms with Gasteiger partial charge in [0.15, 0.2) is 6.61 Å². The molecule has 0 saturated carbocycles. The summed E-state index contributed by atoms with van der Waals surface area (Å²) in [7, 11) is 0. The van der Waals surface area contributed by atoms with E-state index in [-0.39, 0.29) is 18.3 Å². The molecule has 140 valence electrons. The average molecular weight is 365 g/mol. The predicted molar refractivity (Wildman–Crippen MR) is 105 cm³/mol. The summed E-state index contributed by atoms with van der Waals surface area (Å²) in [6.45, 7) is 5.63. The summed E-state index contributed by atoms with van der Waals surface area (Å²) in [5.74, 6) is -0.576. The maximum atomic E-state index is 12.3. The van der Waals surface area contributed by atoms with E-state index >= 15 is 0 Å². The zero-order valence-electron chi connectivity index (χ0n) is 15.7. The molecule has 1 N–H and O–H groups in total. The van der Waals surface area contributed by atoms with Crippen LogP contribution in [0.5, 0.6) is 0 Å². The highest BCUT2D eigenvalue weighted by atomic mass is 16.5. The summed E-state index contributed by atoms with van der Waals surface area (Å²) >= 11 is 0. The summed E-state index contributed by atoms with van der Waals surface area (Å²) in [5.41, 5.74) is 3.13. The van der Waals surface area contributed by atoms with Crippen LogP contribution in [0.15, 0.2) is 52.9 Å². The molecule has 0 saturated heterocycles. The van der Waals surface area contributed by atoms with Gasteiger partial charge in [0.05, 0.1) is 0 Å². The molecule has 1 heterocycles. The van der Waals surface area contributed by atoms with Crippen LogP contribution in [0.25, 0.3) is 11.0 Å². The fourth-order valence-electron chi connectivity index (χ4n) is 3.01. The Morgan fingerprint density at radius 1 is 1.11 bits per heavy atom. The summed E-state index contributed by atoms with van der Waals surface area (Å²) in [6.07, 6.45) is 0.965. The average Bonchev–Trinajstić information content (AvgIpc) is 3.03. The lowest BCUT2D eigenvalue weighted by molar-refractivity contribution is -0.119. The van der Waals surface area contributed by atoms with Crippen molar-refractivity contribution in [1.82, 2.24) is 0 Å². The Balaban J connectivity index is 1.65. The SMILES string of the molecule is CC[C@H](C)c1ccccc1NC(=O)COC(=O)c1oc2ccccc2c1C. The molecule has 0 fully saturated rings. The summed E-state index contributed by atoms with van der Waals surface area (Å²) in [4.78, 5) is 24.6. The van der Waals surface area contributed by atoms with Gasteiger partial charge in [0.1, 0.15) is 5.58 Å². The Hall–Kier alpha value is -3.08. The van der Waals surface area contributed by atoms with Crippen LogP contribution in [-0.2, 0) is 9.53 Å². The molecule has 0 aliphatic rings. The van der Waals surface area contributed by atoms with E-state index in [0.717, 1.165) is 23.1 Å². The Bertz CT molecular complexity index is 973. The van der Waals surface area contributed by atoms with Crippen LogP contribution in [0.2, 0.25) is 0 Å². The highest BCUT2D eigenvalue weighted by Gasteiger charge is 2.20. The monoisotopic (exact) mass is 365 g/mol. The van der Waals surface area contributed by atoms with Crippen molar-refractivity contribution in [1.29, 1.82) is 0 Å². The van der Waals surface area contributed by atoms with Crippen LogP contribution in [0.4, 0.5) is 5.69 Å². The highest BCUT2D eigenvalue weighted by molar-refractivity contribution is 5.98. The molecule has 0 unspecified atom stereocenters. The lowest BCUT2D eigenvalue weighted by Crippen LogP contribution is -2.21. The van der Waals surface area contributed by atoms with Crippen LogP contribution in [-0.4, -0.2) is 18.5 Å². The van der Waals surface area contributed by atoms with E-state index in [1.54, 1.807) is 13.0 Å². The van der Waals surface area contributed by atoms with Crippen molar-refractivity contribution in [2.24, 2.45) is 0 Å². The van der Waals surface area contributed by atoms with Gasteiger partial charge >= 0.3 is 5.97 Å². The molecular formula is C22H23NO4. The second-order valence-corrected chi connectivity index (χ2v) is 6.57. The van der Waals surface area contributed by atoms with Gasteiger partial charge in [-0.25, -0.2) is 4.79 Å². The van der Waals surface area contributed by atoms with Crippen molar-refractivity contribution >= 4 is 28.5 Å².